The number of benzene rings is 1. The molecule has 2 fully saturated rings. The van der Waals surface area contributed by atoms with Crippen LogP contribution in [-0.2, 0) is 19.6 Å². The summed E-state index contributed by atoms with van der Waals surface area (Å²) < 4.78 is 32.1. The average Bonchev–Trinajstić information content (AvgIpc) is 3.11. The van der Waals surface area contributed by atoms with Gasteiger partial charge in [0.1, 0.15) is 6.10 Å². The summed E-state index contributed by atoms with van der Waals surface area (Å²) in [7, 11) is -3.65. The SMILES string of the molecule is O=C([C@H]1CCCO1)N1CCN(S(=O)(=O)c2ccc(Cl)c(Cl)c2)CC1. The highest BCUT2D eigenvalue weighted by molar-refractivity contribution is 7.89. The Hall–Kier alpha value is -0.860. The van der Waals surface area contributed by atoms with Gasteiger partial charge in [-0.05, 0) is 31.0 Å². The standard InChI is InChI=1S/C15H18Cl2N2O4S/c16-12-4-3-11(10-13(12)17)24(21,22)19-7-5-18(6-8-19)15(20)14-2-1-9-23-14/h3-4,10,14H,1-2,5-9H2/t14-/m1/s1. The van der Waals surface area contributed by atoms with Crippen molar-refractivity contribution in [1.82, 2.24) is 9.21 Å². The monoisotopic (exact) mass is 392 g/mol. The van der Waals surface area contributed by atoms with Gasteiger partial charge >= 0.3 is 0 Å². The van der Waals surface area contributed by atoms with Crippen LogP contribution in [0.2, 0.25) is 10.0 Å². The van der Waals surface area contributed by atoms with E-state index in [-0.39, 0.29) is 35.0 Å². The lowest BCUT2D eigenvalue weighted by atomic mass is 10.2. The van der Waals surface area contributed by atoms with Crippen LogP contribution in [0.1, 0.15) is 12.8 Å². The fourth-order valence-electron chi connectivity index (χ4n) is 2.91. The van der Waals surface area contributed by atoms with E-state index in [4.69, 9.17) is 27.9 Å². The predicted octanol–water partition coefficient (Wildman–Crippen LogP) is 2.01. The second kappa shape index (κ2) is 7.17. The van der Waals surface area contributed by atoms with Crippen LogP contribution in [0.3, 0.4) is 0 Å². The molecule has 0 saturated carbocycles. The number of ether oxygens (including phenoxy) is 1. The Bertz CT molecular complexity index is 727. The van der Waals surface area contributed by atoms with Gasteiger partial charge in [-0.2, -0.15) is 4.31 Å². The molecular formula is C15H18Cl2N2O4S. The molecule has 0 spiro atoms. The molecule has 24 heavy (non-hydrogen) atoms. The topological polar surface area (TPSA) is 66.9 Å². The highest BCUT2D eigenvalue weighted by atomic mass is 35.5. The molecule has 0 bridgehead atoms. The van der Waals surface area contributed by atoms with Crippen LogP contribution in [0, 0.1) is 0 Å². The van der Waals surface area contributed by atoms with Crippen LogP contribution in [-0.4, -0.2) is 62.4 Å². The van der Waals surface area contributed by atoms with Crippen molar-refractivity contribution in [2.75, 3.05) is 32.8 Å². The average molecular weight is 393 g/mol. The second-order valence-electron chi connectivity index (χ2n) is 5.81. The van der Waals surface area contributed by atoms with E-state index in [1.165, 1.54) is 22.5 Å². The van der Waals surface area contributed by atoms with Crippen molar-refractivity contribution in [3.63, 3.8) is 0 Å². The number of carbonyl (C=O) groups excluding carboxylic acids is 1. The molecule has 1 aromatic carbocycles. The molecule has 2 aliphatic rings. The minimum absolute atomic E-state index is 0.0425. The summed E-state index contributed by atoms with van der Waals surface area (Å²) in [5, 5.41) is 0.507. The Kier molecular flexibility index (Phi) is 5.36. The highest BCUT2D eigenvalue weighted by Crippen LogP contribution is 2.27. The number of sulfonamides is 1. The van der Waals surface area contributed by atoms with E-state index >= 15 is 0 Å². The molecule has 3 rings (SSSR count). The second-order valence-corrected chi connectivity index (χ2v) is 8.56. The van der Waals surface area contributed by atoms with Crippen LogP contribution in [0.25, 0.3) is 0 Å². The zero-order chi connectivity index (χ0) is 17.3. The number of hydrogen-bond acceptors (Lipinski definition) is 4. The van der Waals surface area contributed by atoms with Gasteiger partial charge in [0.2, 0.25) is 10.0 Å². The molecule has 1 aromatic rings. The van der Waals surface area contributed by atoms with Gasteiger partial charge in [0.05, 0.1) is 14.9 Å². The van der Waals surface area contributed by atoms with E-state index in [0.717, 1.165) is 12.8 Å². The number of nitrogens with zero attached hydrogens (tertiary/aromatic N) is 2. The minimum Gasteiger partial charge on any atom is -0.368 e. The van der Waals surface area contributed by atoms with Crippen molar-refractivity contribution >= 4 is 39.1 Å². The zero-order valence-corrected chi connectivity index (χ0v) is 15.3. The molecule has 1 amide bonds. The molecule has 2 saturated heterocycles. The predicted molar refractivity (Wildman–Crippen MR) is 90.8 cm³/mol. The maximum atomic E-state index is 12.7. The van der Waals surface area contributed by atoms with E-state index in [1.807, 2.05) is 0 Å². The zero-order valence-electron chi connectivity index (χ0n) is 13.0. The Labute approximate surface area is 151 Å². The van der Waals surface area contributed by atoms with Crippen LogP contribution in [0.15, 0.2) is 23.1 Å². The highest BCUT2D eigenvalue weighted by Gasteiger charge is 2.34. The Morgan fingerprint density at radius 1 is 1.12 bits per heavy atom. The number of halogens is 2. The first-order chi connectivity index (χ1) is 11.4. The van der Waals surface area contributed by atoms with E-state index in [2.05, 4.69) is 0 Å². The van der Waals surface area contributed by atoms with Crippen molar-refractivity contribution in [1.29, 1.82) is 0 Å². The van der Waals surface area contributed by atoms with Gasteiger partial charge in [-0.25, -0.2) is 8.42 Å². The molecule has 132 valence electrons. The van der Waals surface area contributed by atoms with Gasteiger partial charge in [-0.1, -0.05) is 23.2 Å². The molecule has 0 N–H and O–H groups in total. The summed E-state index contributed by atoms with van der Waals surface area (Å²) in [6.45, 7) is 1.84. The molecule has 9 heteroatoms. The molecule has 2 aliphatic heterocycles. The molecule has 6 nitrogen and oxygen atoms in total. The largest absolute Gasteiger partial charge is 0.368 e. The maximum absolute atomic E-state index is 12.7. The number of amides is 1. The summed E-state index contributed by atoms with van der Waals surface area (Å²) in [4.78, 5) is 14.1. The van der Waals surface area contributed by atoms with Gasteiger partial charge in [0.25, 0.3) is 5.91 Å². The van der Waals surface area contributed by atoms with Gasteiger partial charge in [-0.3, -0.25) is 4.79 Å². The normalized spacial score (nSPS) is 22.8. The van der Waals surface area contributed by atoms with Gasteiger partial charge < -0.3 is 9.64 Å². The first-order valence-electron chi connectivity index (χ1n) is 7.75. The first kappa shape index (κ1) is 17.9. The van der Waals surface area contributed by atoms with Crippen LogP contribution in [0.5, 0.6) is 0 Å². The Morgan fingerprint density at radius 3 is 2.42 bits per heavy atom. The summed E-state index contributed by atoms with van der Waals surface area (Å²) in [5.74, 6) is -0.0425. The van der Waals surface area contributed by atoms with Crippen LogP contribution >= 0.6 is 23.2 Å². The lowest BCUT2D eigenvalue weighted by Crippen LogP contribution is -2.52. The van der Waals surface area contributed by atoms with Crippen molar-refractivity contribution < 1.29 is 17.9 Å². The minimum atomic E-state index is -3.65. The lowest BCUT2D eigenvalue weighted by molar-refractivity contribution is -0.142. The number of carbonyl (C=O) groups is 1. The molecule has 2 heterocycles. The molecule has 1 atom stereocenters. The number of hydrogen-bond donors (Lipinski definition) is 0. The molecular weight excluding hydrogens is 375 g/mol. The molecule has 0 aromatic heterocycles. The van der Waals surface area contributed by atoms with Crippen molar-refractivity contribution in [2.24, 2.45) is 0 Å². The van der Waals surface area contributed by atoms with Crippen molar-refractivity contribution in [3.8, 4) is 0 Å². The van der Waals surface area contributed by atoms with Gasteiger partial charge in [-0.15, -0.1) is 0 Å². The molecule has 0 unspecified atom stereocenters. The number of piperazine rings is 1. The van der Waals surface area contributed by atoms with Crippen molar-refractivity contribution in [3.05, 3.63) is 28.2 Å². The van der Waals surface area contributed by atoms with E-state index in [0.29, 0.717) is 24.7 Å². The lowest BCUT2D eigenvalue weighted by Gasteiger charge is -2.35. The summed E-state index contributed by atoms with van der Waals surface area (Å²) >= 11 is 11.8. The van der Waals surface area contributed by atoms with Crippen molar-refractivity contribution in [2.45, 2.75) is 23.8 Å². The third-order valence-electron chi connectivity index (χ3n) is 4.28. The Morgan fingerprint density at radius 2 is 1.83 bits per heavy atom. The number of rotatable bonds is 3. The third-order valence-corrected chi connectivity index (χ3v) is 6.92. The molecule has 0 aliphatic carbocycles. The Balaban J connectivity index is 1.67. The van der Waals surface area contributed by atoms with E-state index < -0.39 is 10.0 Å². The fraction of sp³-hybridized carbons (Fsp3) is 0.533. The summed E-state index contributed by atoms with van der Waals surface area (Å²) in [6, 6.07) is 4.25. The van der Waals surface area contributed by atoms with E-state index in [9.17, 15) is 13.2 Å². The fourth-order valence-corrected chi connectivity index (χ4v) is 4.72. The van der Waals surface area contributed by atoms with Gasteiger partial charge in [0, 0.05) is 32.8 Å². The van der Waals surface area contributed by atoms with Crippen LogP contribution in [0.4, 0.5) is 0 Å². The quantitative estimate of drug-likeness (QED) is 0.788. The first-order valence-corrected chi connectivity index (χ1v) is 9.95. The maximum Gasteiger partial charge on any atom is 0.251 e. The van der Waals surface area contributed by atoms with E-state index in [1.54, 1.807) is 4.90 Å². The smallest absolute Gasteiger partial charge is 0.251 e. The third kappa shape index (κ3) is 3.55. The van der Waals surface area contributed by atoms with Crippen LogP contribution < -0.4 is 0 Å². The van der Waals surface area contributed by atoms with Gasteiger partial charge in [0.15, 0.2) is 0 Å². The summed E-state index contributed by atoms with van der Waals surface area (Å²) in [6.07, 6.45) is 1.26. The molecule has 0 radical (unpaired) electrons. The summed E-state index contributed by atoms with van der Waals surface area (Å²) in [5.41, 5.74) is 0.